The van der Waals surface area contributed by atoms with Crippen LogP contribution >= 0.6 is 0 Å². The summed E-state index contributed by atoms with van der Waals surface area (Å²) < 4.78 is 15.1. The first kappa shape index (κ1) is 12.2. The highest BCUT2D eigenvalue weighted by Crippen LogP contribution is 2.36. The minimum atomic E-state index is -0.210. The van der Waals surface area contributed by atoms with Gasteiger partial charge in [0.15, 0.2) is 0 Å². The number of hydrogen-bond acceptors (Lipinski definition) is 2. The molecule has 100 valence electrons. The summed E-state index contributed by atoms with van der Waals surface area (Å²) in [7, 11) is 0. The first-order valence-electron chi connectivity index (χ1n) is 6.78. The van der Waals surface area contributed by atoms with Crippen LogP contribution in [0.5, 0.6) is 0 Å². The van der Waals surface area contributed by atoms with Crippen LogP contribution in [0.15, 0.2) is 30.5 Å². The van der Waals surface area contributed by atoms with Crippen molar-refractivity contribution in [3.05, 3.63) is 36.3 Å². The largest absolute Gasteiger partial charge is 0.369 e. The minimum Gasteiger partial charge on any atom is -0.369 e. The highest BCUT2D eigenvalue weighted by atomic mass is 19.1. The van der Waals surface area contributed by atoms with E-state index in [0.717, 1.165) is 29.9 Å². The van der Waals surface area contributed by atoms with Crippen LogP contribution in [-0.4, -0.2) is 16.3 Å². The van der Waals surface area contributed by atoms with Gasteiger partial charge in [-0.2, -0.15) is 5.10 Å². The molecular weight excluding hydrogens is 241 g/mol. The van der Waals surface area contributed by atoms with Crippen molar-refractivity contribution in [1.29, 1.82) is 0 Å². The summed E-state index contributed by atoms with van der Waals surface area (Å²) in [5, 5.41) is 7.96. The minimum absolute atomic E-state index is 0.210. The Hall–Kier alpha value is -1.84. The van der Waals surface area contributed by atoms with E-state index in [9.17, 15) is 4.39 Å². The smallest absolute Gasteiger partial charge is 0.132 e. The summed E-state index contributed by atoms with van der Waals surface area (Å²) >= 11 is 0. The fourth-order valence-corrected chi connectivity index (χ4v) is 2.84. The van der Waals surface area contributed by atoms with Crippen LogP contribution in [0.1, 0.15) is 26.3 Å². The monoisotopic (exact) mass is 259 g/mol. The van der Waals surface area contributed by atoms with Crippen molar-refractivity contribution in [2.24, 2.45) is 5.92 Å². The van der Waals surface area contributed by atoms with E-state index < -0.39 is 0 Å². The van der Waals surface area contributed by atoms with Gasteiger partial charge < -0.3 is 5.32 Å². The quantitative estimate of drug-likeness (QED) is 0.891. The van der Waals surface area contributed by atoms with Crippen molar-refractivity contribution in [3.63, 3.8) is 0 Å². The van der Waals surface area contributed by atoms with E-state index in [0.29, 0.717) is 12.0 Å². The summed E-state index contributed by atoms with van der Waals surface area (Å²) in [6.45, 7) is 5.39. The molecule has 4 heteroatoms. The second-order valence-corrected chi connectivity index (χ2v) is 5.19. The van der Waals surface area contributed by atoms with Gasteiger partial charge in [-0.05, 0) is 30.0 Å². The highest BCUT2D eigenvalue weighted by Gasteiger charge is 2.27. The Labute approximate surface area is 112 Å². The number of rotatable bonds is 2. The van der Waals surface area contributed by atoms with Crippen LogP contribution in [0.2, 0.25) is 0 Å². The van der Waals surface area contributed by atoms with Gasteiger partial charge in [-0.25, -0.2) is 9.07 Å². The average molecular weight is 259 g/mol. The molecule has 0 saturated carbocycles. The molecule has 1 aliphatic heterocycles. The van der Waals surface area contributed by atoms with Gasteiger partial charge in [0.25, 0.3) is 0 Å². The Morgan fingerprint density at radius 1 is 1.37 bits per heavy atom. The lowest BCUT2D eigenvalue weighted by Crippen LogP contribution is -2.31. The Balaban J connectivity index is 2.04. The highest BCUT2D eigenvalue weighted by molar-refractivity contribution is 5.75. The Bertz CT molecular complexity index is 574. The molecule has 0 radical (unpaired) electrons. The molecule has 2 atom stereocenters. The van der Waals surface area contributed by atoms with Crippen LogP contribution < -0.4 is 5.32 Å². The molecule has 3 rings (SSSR count). The molecule has 2 unspecified atom stereocenters. The summed E-state index contributed by atoms with van der Waals surface area (Å²) in [6, 6.07) is 7.01. The number of hydrogen-bond donors (Lipinski definition) is 1. The van der Waals surface area contributed by atoms with Gasteiger partial charge in [0, 0.05) is 12.1 Å². The number of anilines is 1. The maximum atomic E-state index is 13.0. The third kappa shape index (κ3) is 2.01. The molecule has 0 saturated heterocycles. The SMILES string of the molecule is CCC1C(C)CNc2c(-c3ccc(F)cc3)cnn21. The molecule has 2 aromatic rings. The van der Waals surface area contributed by atoms with Gasteiger partial charge in [-0.1, -0.05) is 26.0 Å². The Morgan fingerprint density at radius 3 is 2.79 bits per heavy atom. The van der Waals surface area contributed by atoms with Gasteiger partial charge in [-0.15, -0.1) is 0 Å². The van der Waals surface area contributed by atoms with Crippen LogP contribution in [-0.2, 0) is 0 Å². The number of aromatic nitrogens is 2. The predicted molar refractivity (Wildman–Crippen MR) is 74.6 cm³/mol. The van der Waals surface area contributed by atoms with Crippen molar-refractivity contribution in [2.45, 2.75) is 26.3 Å². The second-order valence-electron chi connectivity index (χ2n) is 5.19. The van der Waals surface area contributed by atoms with Gasteiger partial charge in [0.2, 0.25) is 0 Å². The lowest BCUT2D eigenvalue weighted by Gasteiger charge is -2.31. The van der Waals surface area contributed by atoms with Gasteiger partial charge in [0.1, 0.15) is 11.6 Å². The van der Waals surface area contributed by atoms with Gasteiger partial charge in [0.05, 0.1) is 12.2 Å². The number of fused-ring (bicyclic) bond motifs is 1. The van der Waals surface area contributed by atoms with E-state index in [1.54, 1.807) is 12.1 Å². The standard InChI is InChI=1S/C15H18FN3/c1-3-14-10(2)8-17-15-13(9-18-19(14)15)11-4-6-12(16)7-5-11/h4-7,9-10,14,17H,3,8H2,1-2H3. The maximum absolute atomic E-state index is 13.0. The fourth-order valence-electron chi connectivity index (χ4n) is 2.84. The van der Waals surface area contributed by atoms with Crippen LogP contribution in [0.3, 0.4) is 0 Å². The molecule has 1 aromatic carbocycles. The number of halogens is 1. The molecule has 0 amide bonds. The summed E-state index contributed by atoms with van der Waals surface area (Å²) in [6.07, 6.45) is 2.94. The van der Waals surface area contributed by atoms with E-state index >= 15 is 0 Å². The molecule has 0 spiro atoms. The number of benzene rings is 1. The zero-order chi connectivity index (χ0) is 13.4. The van der Waals surface area contributed by atoms with Gasteiger partial charge in [-0.3, -0.25) is 0 Å². The van der Waals surface area contributed by atoms with E-state index in [4.69, 9.17) is 0 Å². The molecule has 2 heterocycles. The third-order valence-corrected chi connectivity index (χ3v) is 3.93. The van der Waals surface area contributed by atoms with E-state index in [-0.39, 0.29) is 5.82 Å². The molecule has 1 aliphatic rings. The molecule has 0 fully saturated rings. The topological polar surface area (TPSA) is 29.9 Å². The number of nitrogens with zero attached hydrogens (tertiary/aromatic N) is 2. The molecule has 0 bridgehead atoms. The van der Waals surface area contributed by atoms with Gasteiger partial charge >= 0.3 is 0 Å². The zero-order valence-electron chi connectivity index (χ0n) is 11.2. The molecule has 1 aromatic heterocycles. The molecule has 0 aliphatic carbocycles. The van der Waals surface area contributed by atoms with Crippen LogP contribution in [0.25, 0.3) is 11.1 Å². The Morgan fingerprint density at radius 2 is 2.11 bits per heavy atom. The summed E-state index contributed by atoms with van der Waals surface area (Å²) in [5.74, 6) is 1.41. The lowest BCUT2D eigenvalue weighted by atomic mass is 9.97. The van der Waals surface area contributed by atoms with Crippen LogP contribution in [0, 0.1) is 11.7 Å². The third-order valence-electron chi connectivity index (χ3n) is 3.93. The first-order valence-corrected chi connectivity index (χ1v) is 6.78. The van der Waals surface area contributed by atoms with E-state index in [2.05, 4.69) is 28.9 Å². The number of nitrogens with one attached hydrogen (secondary N) is 1. The summed E-state index contributed by atoms with van der Waals surface area (Å²) in [4.78, 5) is 0. The molecule has 19 heavy (non-hydrogen) atoms. The first-order chi connectivity index (χ1) is 9.20. The second kappa shape index (κ2) is 4.68. The van der Waals surface area contributed by atoms with Crippen molar-refractivity contribution >= 4 is 5.82 Å². The van der Waals surface area contributed by atoms with Crippen molar-refractivity contribution in [3.8, 4) is 11.1 Å². The molecular formula is C15H18FN3. The van der Waals surface area contributed by atoms with Crippen LogP contribution in [0.4, 0.5) is 10.2 Å². The summed E-state index contributed by atoms with van der Waals surface area (Å²) in [5.41, 5.74) is 2.05. The molecule has 3 nitrogen and oxygen atoms in total. The van der Waals surface area contributed by atoms with Crippen molar-refractivity contribution in [1.82, 2.24) is 9.78 Å². The lowest BCUT2D eigenvalue weighted by molar-refractivity contribution is 0.313. The Kier molecular flexibility index (Phi) is 3.01. The fraction of sp³-hybridized carbons (Fsp3) is 0.400. The van der Waals surface area contributed by atoms with Crippen molar-refractivity contribution in [2.75, 3.05) is 11.9 Å². The predicted octanol–water partition coefficient (Wildman–Crippen LogP) is 3.70. The van der Waals surface area contributed by atoms with E-state index in [1.807, 2.05) is 6.20 Å². The zero-order valence-corrected chi connectivity index (χ0v) is 11.2. The maximum Gasteiger partial charge on any atom is 0.132 e. The normalized spacial score (nSPS) is 21.8. The molecule has 1 N–H and O–H groups in total. The van der Waals surface area contributed by atoms with Crippen molar-refractivity contribution < 1.29 is 4.39 Å². The van der Waals surface area contributed by atoms with E-state index in [1.165, 1.54) is 12.1 Å². The average Bonchev–Trinajstić information content (AvgIpc) is 2.83.